The number of halogens is 1. The molecule has 5 N–H and O–H groups in total. The number of nitrogen functional groups attached to an aromatic ring is 1. The summed E-state index contributed by atoms with van der Waals surface area (Å²) in [7, 11) is 0. The van der Waals surface area contributed by atoms with E-state index in [-0.39, 0.29) is 6.04 Å². The van der Waals surface area contributed by atoms with E-state index in [0.717, 1.165) is 5.56 Å². The van der Waals surface area contributed by atoms with Crippen LogP contribution >= 0.6 is 11.6 Å². The molecular weight excluding hydrogens is 274 g/mol. The van der Waals surface area contributed by atoms with Crippen LogP contribution in [0.5, 0.6) is 0 Å². The van der Waals surface area contributed by atoms with Gasteiger partial charge in [0.2, 0.25) is 0 Å². The van der Waals surface area contributed by atoms with Crippen LogP contribution in [-0.2, 0) is 0 Å². The molecule has 0 bridgehead atoms. The first kappa shape index (κ1) is 14.2. The molecule has 0 aliphatic rings. The number of nitrogens with one attached hydrogen (secondary N) is 1. The average molecular weight is 290 g/mol. The molecule has 0 saturated carbocycles. The van der Waals surface area contributed by atoms with Gasteiger partial charge in [0.15, 0.2) is 0 Å². The van der Waals surface area contributed by atoms with E-state index in [1.54, 1.807) is 18.2 Å². The van der Waals surface area contributed by atoms with Gasteiger partial charge < -0.3 is 16.8 Å². The minimum absolute atomic E-state index is 0.0471. The van der Waals surface area contributed by atoms with Gasteiger partial charge in [0, 0.05) is 5.02 Å². The number of carbonyl (C=O) groups excluding carboxylic acids is 1. The third kappa shape index (κ3) is 2.86. The molecular formula is C15H16ClN3O. The summed E-state index contributed by atoms with van der Waals surface area (Å²) >= 11 is 6.16. The Morgan fingerprint density at radius 1 is 1.20 bits per heavy atom. The lowest BCUT2D eigenvalue weighted by Crippen LogP contribution is -2.16. The lowest BCUT2D eigenvalue weighted by molar-refractivity contribution is 0.100. The van der Waals surface area contributed by atoms with E-state index in [1.165, 1.54) is 0 Å². The number of nitrogens with two attached hydrogens (primary N) is 2. The van der Waals surface area contributed by atoms with Crippen molar-refractivity contribution in [3.63, 3.8) is 0 Å². The van der Waals surface area contributed by atoms with Crippen LogP contribution in [0.4, 0.5) is 11.4 Å². The van der Waals surface area contributed by atoms with Gasteiger partial charge in [0.05, 0.1) is 23.0 Å². The molecule has 5 heteroatoms. The third-order valence-electron chi connectivity index (χ3n) is 3.12. The Morgan fingerprint density at radius 2 is 1.90 bits per heavy atom. The molecule has 0 fully saturated rings. The highest BCUT2D eigenvalue weighted by Gasteiger charge is 2.13. The molecule has 0 heterocycles. The number of hydrogen-bond donors (Lipinski definition) is 3. The Hall–Kier alpha value is -2.20. The standard InChI is InChI=1S/C15H16ClN3O/c1-9(10-5-2-3-7-12(10)16)19-13-8-4-6-11(14(13)17)15(18)20/h2-9,19H,17H2,1H3,(H2,18,20). The normalized spacial score (nSPS) is 11.9. The van der Waals surface area contributed by atoms with Crippen LogP contribution in [0.15, 0.2) is 42.5 Å². The second-order valence-electron chi connectivity index (χ2n) is 4.52. The fraction of sp³-hybridized carbons (Fsp3) is 0.133. The minimum Gasteiger partial charge on any atom is -0.396 e. The third-order valence-corrected chi connectivity index (χ3v) is 3.46. The number of amides is 1. The molecule has 20 heavy (non-hydrogen) atoms. The second kappa shape index (κ2) is 5.84. The zero-order valence-electron chi connectivity index (χ0n) is 11.1. The summed E-state index contributed by atoms with van der Waals surface area (Å²) in [6.07, 6.45) is 0. The van der Waals surface area contributed by atoms with Gasteiger partial charge >= 0.3 is 0 Å². The maximum atomic E-state index is 11.3. The van der Waals surface area contributed by atoms with Gasteiger partial charge in [0.25, 0.3) is 5.91 Å². The van der Waals surface area contributed by atoms with Crippen molar-refractivity contribution in [3.8, 4) is 0 Å². The first-order chi connectivity index (χ1) is 9.50. The number of carbonyl (C=O) groups is 1. The Labute approximate surface area is 122 Å². The quantitative estimate of drug-likeness (QED) is 0.756. The van der Waals surface area contributed by atoms with Gasteiger partial charge in [-0.15, -0.1) is 0 Å². The van der Waals surface area contributed by atoms with Gasteiger partial charge in [-0.25, -0.2) is 0 Å². The SMILES string of the molecule is CC(Nc1cccc(C(N)=O)c1N)c1ccccc1Cl. The van der Waals surface area contributed by atoms with Gasteiger partial charge in [-0.2, -0.15) is 0 Å². The van der Waals surface area contributed by atoms with Crippen LogP contribution in [0.2, 0.25) is 5.02 Å². The number of hydrogen-bond acceptors (Lipinski definition) is 3. The van der Waals surface area contributed by atoms with E-state index >= 15 is 0 Å². The van der Waals surface area contributed by atoms with E-state index < -0.39 is 5.91 Å². The maximum Gasteiger partial charge on any atom is 0.250 e. The van der Waals surface area contributed by atoms with E-state index in [1.807, 2.05) is 31.2 Å². The fourth-order valence-corrected chi connectivity index (χ4v) is 2.34. The van der Waals surface area contributed by atoms with Gasteiger partial charge in [-0.1, -0.05) is 35.9 Å². The highest BCUT2D eigenvalue weighted by molar-refractivity contribution is 6.31. The van der Waals surface area contributed by atoms with Gasteiger partial charge in [-0.3, -0.25) is 4.79 Å². The number of anilines is 2. The summed E-state index contributed by atoms with van der Waals surface area (Å²) < 4.78 is 0. The van der Waals surface area contributed by atoms with E-state index in [9.17, 15) is 4.79 Å². The zero-order chi connectivity index (χ0) is 14.7. The summed E-state index contributed by atoms with van der Waals surface area (Å²) in [6, 6.07) is 12.7. The Bertz CT molecular complexity index is 643. The van der Waals surface area contributed by atoms with Crippen LogP contribution in [-0.4, -0.2) is 5.91 Å². The highest BCUT2D eigenvalue weighted by Crippen LogP contribution is 2.29. The summed E-state index contributed by atoms with van der Waals surface area (Å²) in [6.45, 7) is 1.97. The molecule has 0 aliphatic heterocycles. The van der Waals surface area contributed by atoms with Crippen LogP contribution in [0.1, 0.15) is 28.9 Å². The van der Waals surface area contributed by atoms with Crippen molar-refractivity contribution >= 4 is 28.9 Å². The molecule has 1 atom stereocenters. The number of rotatable bonds is 4. The molecule has 0 spiro atoms. The topological polar surface area (TPSA) is 81.1 Å². The smallest absolute Gasteiger partial charge is 0.250 e. The van der Waals surface area contributed by atoms with Gasteiger partial charge in [0.1, 0.15) is 0 Å². The Morgan fingerprint density at radius 3 is 2.55 bits per heavy atom. The molecule has 2 aromatic carbocycles. The molecule has 4 nitrogen and oxygen atoms in total. The highest BCUT2D eigenvalue weighted by atomic mass is 35.5. The van der Waals surface area contributed by atoms with Crippen LogP contribution in [0.3, 0.4) is 0 Å². The molecule has 0 radical (unpaired) electrons. The predicted molar refractivity (Wildman–Crippen MR) is 82.9 cm³/mol. The van der Waals surface area contributed by atoms with Crippen molar-refractivity contribution in [2.45, 2.75) is 13.0 Å². The monoisotopic (exact) mass is 289 g/mol. The second-order valence-corrected chi connectivity index (χ2v) is 4.93. The van der Waals surface area contributed by atoms with Gasteiger partial charge in [-0.05, 0) is 30.7 Å². The largest absolute Gasteiger partial charge is 0.396 e. The summed E-state index contributed by atoms with van der Waals surface area (Å²) in [4.78, 5) is 11.3. The lowest BCUT2D eigenvalue weighted by atomic mass is 10.1. The van der Waals surface area contributed by atoms with Crippen molar-refractivity contribution < 1.29 is 4.79 Å². The summed E-state index contributed by atoms with van der Waals surface area (Å²) in [5, 5.41) is 3.92. The van der Waals surface area contributed by atoms with Crippen molar-refractivity contribution in [2.75, 3.05) is 11.1 Å². The number of benzene rings is 2. The number of primary amides is 1. The van der Waals surface area contributed by atoms with E-state index in [2.05, 4.69) is 5.32 Å². The molecule has 2 rings (SSSR count). The lowest BCUT2D eigenvalue weighted by Gasteiger charge is -2.19. The first-order valence-electron chi connectivity index (χ1n) is 6.20. The van der Waals surface area contributed by atoms with Crippen molar-refractivity contribution in [2.24, 2.45) is 5.73 Å². The average Bonchev–Trinajstić information content (AvgIpc) is 2.41. The maximum absolute atomic E-state index is 11.3. The molecule has 0 aliphatic carbocycles. The van der Waals surface area contributed by atoms with Crippen molar-refractivity contribution in [3.05, 3.63) is 58.6 Å². The predicted octanol–water partition coefficient (Wildman–Crippen LogP) is 3.19. The molecule has 1 unspecified atom stereocenters. The van der Waals surface area contributed by atoms with Crippen molar-refractivity contribution in [1.29, 1.82) is 0 Å². The Kier molecular flexibility index (Phi) is 4.15. The molecule has 104 valence electrons. The van der Waals surface area contributed by atoms with Crippen molar-refractivity contribution in [1.82, 2.24) is 0 Å². The summed E-state index contributed by atoms with van der Waals surface area (Å²) in [5.41, 5.74) is 13.5. The molecule has 0 aromatic heterocycles. The molecule has 2 aromatic rings. The first-order valence-corrected chi connectivity index (χ1v) is 6.57. The van der Waals surface area contributed by atoms with Crippen LogP contribution in [0, 0.1) is 0 Å². The van der Waals surface area contributed by atoms with E-state index in [4.69, 9.17) is 23.1 Å². The fourth-order valence-electron chi connectivity index (χ4n) is 2.04. The molecule has 1 amide bonds. The summed E-state index contributed by atoms with van der Waals surface area (Å²) in [5.74, 6) is -0.545. The Balaban J connectivity index is 2.29. The van der Waals surface area contributed by atoms with E-state index in [0.29, 0.717) is 22.0 Å². The van der Waals surface area contributed by atoms with Crippen LogP contribution in [0.25, 0.3) is 0 Å². The molecule has 0 saturated heterocycles. The zero-order valence-corrected chi connectivity index (χ0v) is 11.8. The van der Waals surface area contributed by atoms with Crippen LogP contribution < -0.4 is 16.8 Å². The minimum atomic E-state index is -0.545. The number of para-hydroxylation sites is 1.